The molecule has 4 rings (SSSR count). The third kappa shape index (κ3) is 4.12. The maximum atomic E-state index is 14.3. The third-order valence-corrected chi connectivity index (χ3v) is 6.69. The molecule has 2 aromatic carbocycles. The van der Waals surface area contributed by atoms with Crippen LogP contribution in [-0.4, -0.2) is 61.1 Å². The summed E-state index contributed by atoms with van der Waals surface area (Å²) in [5.74, 6) is -0.848. The number of halogens is 3. The second-order valence-electron chi connectivity index (χ2n) is 7.12. The molecule has 0 radical (unpaired) electrons. The number of fused-ring (bicyclic) bond motifs is 1. The fourth-order valence-corrected chi connectivity index (χ4v) is 5.21. The van der Waals surface area contributed by atoms with Crippen molar-refractivity contribution >= 4 is 45.9 Å². The van der Waals surface area contributed by atoms with E-state index < -0.39 is 43.1 Å². The number of phenols is 1. The van der Waals surface area contributed by atoms with Gasteiger partial charge >= 0.3 is 0 Å². The van der Waals surface area contributed by atoms with E-state index in [1.807, 2.05) is 0 Å². The van der Waals surface area contributed by atoms with Gasteiger partial charge in [-0.2, -0.15) is 0 Å². The van der Waals surface area contributed by atoms with Crippen molar-refractivity contribution in [3.8, 4) is 5.75 Å². The normalized spacial score (nSPS) is 26.5. The lowest BCUT2D eigenvalue weighted by Gasteiger charge is -2.40. The Morgan fingerprint density at radius 2 is 1.77 bits per heavy atom. The molecular formula is C20H18Cl2FNO6S. The van der Waals surface area contributed by atoms with E-state index in [1.165, 1.54) is 22.8 Å². The lowest BCUT2D eigenvalue weighted by atomic mass is 9.98. The summed E-state index contributed by atoms with van der Waals surface area (Å²) < 4.78 is 21.4. The summed E-state index contributed by atoms with van der Waals surface area (Å²) in [6, 6.07) is 6.83. The SMILES string of the molecule is OC[C@H]1O[C@@H](n2cc(Sc3ccc(O)cc3F)c3c(Cl)cc(Cl)cc32)[C@H](O)[C@@H](O)[C@@H]1O. The van der Waals surface area contributed by atoms with Crippen LogP contribution in [0.15, 0.2) is 46.3 Å². The predicted molar refractivity (Wildman–Crippen MR) is 113 cm³/mol. The summed E-state index contributed by atoms with van der Waals surface area (Å²) in [7, 11) is 0. The van der Waals surface area contributed by atoms with Gasteiger partial charge in [0.1, 0.15) is 36.0 Å². The highest BCUT2D eigenvalue weighted by molar-refractivity contribution is 7.99. The highest BCUT2D eigenvalue weighted by atomic mass is 35.5. The Morgan fingerprint density at radius 1 is 1.03 bits per heavy atom. The average Bonchev–Trinajstić information content (AvgIpc) is 3.07. The highest BCUT2D eigenvalue weighted by Gasteiger charge is 2.44. The molecule has 5 N–H and O–H groups in total. The molecule has 0 unspecified atom stereocenters. The van der Waals surface area contributed by atoms with Crippen LogP contribution in [0.2, 0.25) is 10.0 Å². The van der Waals surface area contributed by atoms with Gasteiger partial charge in [-0.25, -0.2) is 4.39 Å². The number of aliphatic hydroxyl groups is 4. The predicted octanol–water partition coefficient (Wildman–Crippen LogP) is 2.92. The number of rotatable bonds is 4. The molecule has 11 heteroatoms. The molecule has 1 aliphatic rings. The lowest BCUT2D eigenvalue weighted by Crippen LogP contribution is -2.56. The molecule has 0 amide bonds. The van der Waals surface area contributed by atoms with Crippen LogP contribution in [0.3, 0.4) is 0 Å². The number of benzene rings is 2. The van der Waals surface area contributed by atoms with Gasteiger partial charge in [-0.05, 0) is 24.3 Å². The van der Waals surface area contributed by atoms with E-state index in [0.717, 1.165) is 17.8 Å². The lowest BCUT2D eigenvalue weighted by molar-refractivity contribution is -0.250. The van der Waals surface area contributed by atoms with Crippen molar-refractivity contribution in [3.63, 3.8) is 0 Å². The molecule has 0 saturated carbocycles. The van der Waals surface area contributed by atoms with Crippen LogP contribution in [0.5, 0.6) is 5.75 Å². The maximum Gasteiger partial charge on any atom is 0.163 e. The van der Waals surface area contributed by atoms with E-state index in [2.05, 4.69) is 0 Å². The van der Waals surface area contributed by atoms with Gasteiger partial charge in [-0.15, -0.1) is 0 Å². The molecule has 0 spiro atoms. The van der Waals surface area contributed by atoms with Gasteiger partial charge in [0, 0.05) is 32.5 Å². The molecule has 1 fully saturated rings. The molecule has 0 bridgehead atoms. The van der Waals surface area contributed by atoms with Crippen molar-refractivity contribution in [2.45, 2.75) is 40.4 Å². The zero-order valence-electron chi connectivity index (χ0n) is 15.7. The first kappa shape index (κ1) is 22.6. The van der Waals surface area contributed by atoms with Gasteiger partial charge in [0.05, 0.1) is 17.1 Å². The highest BCUT2D eigenvalue weighted by Crippen LogP contribution is 2.43. The monoisotopic (exact) mass is 489 g/mol. The quantitative estimate of drug-likeness (QED) is 0.382. The van der Waals surface area contributed by atoms with Crippen LogP contribution in [-0.2, 0) is 4.74 Å². The van der Waals surface area contributed by atoms with Crippen LogP contribution >= 0.6 is 35.0 Å². The molecule has 3 aromatic rings. The first-order valence-electron chi connectivity index (χ1n) is 9.17. The number of nitrogens with zero attached hydrogens (tertiary/aromatic N) is 1. The van der Waals surface area contributed by atoms with Crippen LogP contribution < -0.4 is 0 Å². The number of hydrogen-bond donors (Lipinski definition) is 5. The first-order valence-corrected chi connectivity index (χ1v) is 10.7. The number of hydrogen-bond acceptors (Lipinski definition) is 7. The molecule has 2 heterocycles. The Labute approximate surface area is 190 Å². The Balaban J connectivity index is 1.84. The summed E-state index contributed by atoms with van der Waals surface area (Å²) in [4.78, 5) is 0.717. The van der Waals surface area contributed by atoms with Gasteiger partial charge in [0.15, 0.2) is 6.23 Å². The van der Waals surface area contributed by atoms with Crippen LogP contribution in [0.1, 0.15) is 6.23 Å². The number of aromatic nitrogens is 1. The van der Waals surface area contributed by atoms with Crippen molar-refractivity contribution < 1.29 is 34.7 Å². The van der Waals surface area contributed by atoms with Crippen molar-refractivity contribution in [1.82, 2.24) is 4.57 Å². The van der Waals surface area contributed by atoms with E-state index >= 15 is 0 Å². The van der Waals surface area contributed by atoms with Crippen LogP contribution in [0, 0.1) is 5.82 Å². The van der Waals surface area contributed by atoms with E-state index in [0.29, 0.717) is 20.8 Å². The van der Waals surface area contributed by atoms with Gasteiger partial charge in [-0.1, -0.05) is 35.0 Å². The minimum atomic E-state index is -1.58. The number of aromatic hydroxyl groups is 1. The minimum absolute atomic E-state index is 0.213. The molecule has 1 saturated heterocycles. The fourth-order valence-electron chi connectivity index (χ4n) is 3.56. The molecular weight excluding hydrogens is 472 g/mol. The molecule has 31 heavy (non-hydrogen) atoms. The molecule has 0 aliphatic carbocycles. The Hall–Kier alpha value is -1.56. The second kappa shape index (κ2) is 8.76. The van der Waals surface area contributed by atoms with Crippen LogP contribution in [0.4, 0.5) is 4.39 Å². The smallest absolute Gasteiger partial charge is 0.163 e. The topological polar surface area (TPSA) is 115 Å². The Morgan fingerprint density at radius 3 is 2.45 bits per heavy atom. The summed E-state index contributed by atoms with van der Waals surface area (Å²) in [5, 5.41) is 50.8. The largest absolute Gasteiger partial charge is 0.508 e. The van der Waals surface area contributed by atoms with E-state index in [4.69, 9.17) is 27.9 Å². The second-order valence-corrected chi connectivity index (χ2v) is 9.05. The first-order chi connectivity index (χ1) is 14.7. The number of aliphatic hydroxyl groups excluding tert-OH is 4. The Kier molecular flexibility index (Phi) is 6.39. The van der Waals surface area contributed by atoms with Gasteiger partial charge in [0.25, 0.3) is 0 Å². The van der Waals surface area contributed by atoms with E-state index in [9.17, 15) is 29.9 Å². The van der Waals surface area contributed by atoms with Crippen molar-refractivity contribution in [2.75, 3.05) is 6.61 Å². The van der Waals surface area contributed by atoms with Gasteiger partial charge in [-0.3, -0.25) is 0 Å². The average molecular weight is 490 g/mol. The summed E-state index contributed by atoms with van der Waals surface area (Å²) in [5.41, 5.74) is 0.434. The van der Waals surface area contributed by atoms with E-state index in [-0.39, 0.29) is 15.7 Å². The molecule has 1 aliphatic heterocycles. The fraction of sp³-hybridized carbons (Fsp3) is 0.300. The van der Waals surface area contributed by atoms with Crippen molar-refractivity contribution in [3.05, 3.63) is 52.4 Å². The van der Waals surface area contributed by atoms with Crippen LogP contribution in [0.25, 0.3) is 10.9 Å². The van der Waals surface area contributed by atoms with Gasteiger partial charge in [0.2, 0.25) is 0 Å². The van der Waals surface area contributed by atoms with E-state index in [1.54, 1.807) is 12.3 Å². The summed E-state index contributed by atoms with van der Waals surface area (Å²) in [6.07, 6.45) is -5.36. The van der Waals surface area contributed by atoms with Crippen molar-refractivity contribution in [2.24, 2.45) is 0 Å². The minimum Gasteiger partial charge on any atom is -0.508 e. The van der Waals surface area contributed by atoms with Crippen molar-refractivity contribution in [1.29, 1.82) is 0 Å². The molecule has 5 atom stereocenters. The molecule has 7 nitrogen and oxygen atoms in total. The zero-order valence-corrected chi connectivity index (χ0v) is 18.0. The molecule has 1 aromatic heterocycles. The number of phenolic OH excluding ortho intramolecular Hbond substituents is 1. The number of ether oxygens (including phenoxy) is 1. The summed E-state index contributed by atoms with van der Waals surface area (Å²) in [6.45, 7) is -0.581. The Bertz CT molecular complexity index is 1130. The molecule has 166 valence electrons. The summed E-state index contributed by atoms with van der Waals surface area (Å²) >= 11 is 13.6. The maximum absolute atomic E-state index is 14.3. The zero-order chi connectivity index (χ0) is 22.4. The van der Waals surface area contributed by atoms with Gasteiger partial charge < -0.3 is 34.8 Å². The standard InChI is InChI=1S/C20H18Cl2FNO6S/c21-8-3-10(22)16-12(4-8)24(20-19(29)18(28)17(27)13(7-25)30-20)6-15(16)31-14-2-1-9(26)5-11(14)23/h1-6,13,17-20,25-29H,7H2/t13-,17-,18+,19-,20-/m1/s1. The third-order valence-electron chi connectivity index (χ3n) is 5.09.